The molecule has 1 saturated heterocycles. The molecule has 140 valence electrons. The Morgan fingerprint density at radius 3 is 2.68 bits per heavy atom. The molecule has 1 atom stereocenters. The van der Waals surface area contributed by atoms with E-state index in [9.17, 15) is 14.0 Å². The molecule has 0 spiro atoms. The molecule has 1 aromatic carbocycles. The first-order valence-electron chi connectivity index (χ1n) is 7.86. The molecule has 1 aliphatic rings. The van der Waals surface area contributed by atoms with E-state index in [2.05, 4.69) is 5.32 Å². The average Bonchev–Trinajstić information content (AvgIpc) is 2.56. The number of likely N-dealkylation sites (tertiary alicyclic amines) is 1. The minimum absolute atomic E-state index is 0. The van der Waals surface area contributed by atoms with Gasteiger partial charge < -0.3 is 16.0 Å². The number of carbonyl (C=O) groups is 2. The minimum Gasteiger partial charge on any atom is -0.354 e. The summed E-state index contributed by atoms with van der Waals surface area (Å²) in [6.45, 7) is 1.16. The van der Waals surface area contributed by atoms with Crippen LogP contribution in [0.2, 0.25) is 10.0 Å². The number of piperidine rings is 1. The fraction of sp³-hybridized carbons (Fsp3) is 0.500. The second-order valence-corrected chi connectivity index (χ2v) is 6.55. The highest BCUT2D eigenvalue weighted by Gasteiger charge is 2.29. The molecule has 0 bridgehead atoms. The van der Waals surface area contributed by atoms with E-state index < -0.39 is 5.82 Å². The van der Waals surface area contributed by atoms with Crippen molar-refractivity contribution in [2.24, 2.45) is 5.73 Å². The second kappa shape index (κ2) is 10.2. The van der Waals surface area contributed by atoms with E-state index in [0.29, 0.717) is 13.1 Å². The van der Waals surface area contributed by atoms with Gasteiger partial charge in [0, 0.05) is 32.1 Å². The van der Waals surface area contributed by atoms with Gasteiger partial charge in [-0.2, -0.15) is 0 Å². The number of carbonyl (C=O) groups excluding carboxylic acids is 2. The van der Waals surface area contributed by atoms with Gasteiger partial charge in [0.25, 0.3) is 5.91 Å². The lowest BCUT2D eigenvalue weighted by Crippen LogP contribution is -2.49. The number of hydrogen-bond acceptors (Lipinski definition) is 3. The van der Waals surface area contributed by atoms with Crippen LogP contribution in [0.25, 0.3) is 0 Å². The Morgan fingerprint density at radius 2 is 2.00 bits per heavy atom. The molecule has 3 N–H and O–H groups in total. The lowest BCUT2D eigenvalue weighted by atomic mass is 10.0. The van der Waals surface area contributed by atoms with Crippen molar-refractivity contribution in [2.75, 3.05) is 19.6 Å². The van der Waals surface area contributed by atoms with Crippen molar-refractivity contribution in [3.63, 3.8) is 0 Å². The molecule has 0 saturated carbocycles. The third-order valence-corrected chi connectivity index (χ3v) is 4.64. The fourth-order valence-electron chi connectivity index (χ4n) is 2.77. The van der Waals surface area contributed by atoms with Gasteiger partial charge in [0.1, 0.15) is 5.82 Å². The van der Waals surface area contributed by atoms with E-state index in [1.165, 1.54) is 6.07 Å². The molecule has 0 radical (unpaired) electrons. The number of amides is 2. The van der Waals surface area contributed by atoms with Crippen LogP contribution in [0.1, 0.15) is 36.0 Å². The third-order valence-electron chi connectivity index (χ3n) is 4.03. The van der Waals surface area contributed by atoms with E-state index in [1.807, 2.05) is 0 Å². The molecular formula is C16H21Cl3FN3O2. The molecule has 9 heteroatoms. The number of benzene rings is 1. The highest BCUT2D eigenvalue weighted by molar-refractivity contribution is 6.36. The number of hydrogen-bond donors (Lipinski definition) is 2. The zero-order chi connectivity index (χ0) is 17.7. The average molecular weight is 413 g/mol. The number of halogens is 4. The minimum atomic E-state index is -0.686. The molecule has 1 aromatic rings. The molecule has 0 aromatic heterocycles. The van der Waals surface area contributed by atoms with E-state index in [-0.39, 0.29) is 58.8 Å². The van der Waals surface area contributed by atoms with E-state index in [0.717, 1.165) is 25.3 Å². The fourth-order valence-corrected chi connectivity index (χ4v) is 3.24. The Labute approximate surface area is 162 Å². The summed E-state index contributed by atoms with van der Waals surface area (Å²) >= 11 is 11.7. The van der Waals surface area contributed by atoms with Gasteiger partial charge >= 0.3 is 0 Å². The molecule has 5 nitrogen and oxygen atoms in total. The molecule has 1 unspecified atom stereocenters. The molecule has 1 fully saturated rings. The summed E-state index contributed by atoms with van der Waals surface area (Å²) in [5.74, 6) is -1.19. The predicted octanol–water partition coefficient (Wildman–Crippen LogP) is 3.01. The van der Waals surface area contributed by atoms with Crippen molar-refractivity contribution in [1.29, 1.82) is 0 Å². The number of nitrogens with zero attached hydrogens (tertiary/aromatic N) is 1. The van der Waals surface area contributed by atoms with Gasteiger partial charge in [0.2, 0.25) is 5.91 Å². The highest BCUT2D eigenvalue weighted by Crippen LogP contribution is 2.27. The molecule has 0 aliphatic carbocycles. The van der Waals surface area contributed by atoms with E-state index in [4.69, 9.17) is 28.9 Å². The molecule has 2 rings (SSSR count). The molecule has 1 heterocycles. The third kappa shape index (κ3) is 5.71. The first-order valence-corrected chi connectivity index (χ1v) is 8.62. The van der Waals surface area contributed by atoms with Crippen LogP contribution in [-0.2, 0) is 4.79 Å². The maximum Gasteiger partial charge on any atom is 0.255 e. The summed E-state index contributed by atoms with van der Waals surface area (Å²) in [5, 5.41) is 2.77. The van der Waals surface area contributed by atoms with Gasteiger partial charge in [-0.25, -0.2) is 4.39 Å². The smallest absolute Gasteiger partial charge is 0.255 e. The molecule has 1 aliphatic heterocycles. The van der Waals surface area contributed by atoms with Crippen LogP contribution in [0, 0.1) is 5.82 Å². The van der Waals surface area contributed by atoms with Crippen LogP contribution in [0.3, 0.4) is 0 Å². The summed E-state index contributed by atoms with van der Waals surface area (Å²) in [4.78, 5) is 26.0. The van der Waals surface area contributed by atoms with E-state index >= 15 is 0 Å². The first-order chi connectivity index (χ1) is 11.4. The normalized spacial score (nSPS) is 17.0. The SMILES string of the molecule is Cl.NCCC(=O)NCC1CCCCN1C(=O)c1cc(F)c(Cl)cc1Cl. The van der Waals surface area contributed by atoms with Gasteiger partial charge in [0.15, 0.2) is 0 Å². The largest absolute Gasteiger partial charge is 0.354 e. The van der Waals surface area contributed by atoms with Crippen LogP contribution >= 0.6 is 35.6 Å². The zero-order valence-corrected chi connectivity index (χ0v) is 15.9. The Morgan fingerprint density at radius 1 is 1.28 bits per heavy atom. The van der Waals surface area contributed by atoms with Gasteiger partial charge in [-0.15, -0.1) is 12.4 Å². The maximum atomic E-state index is 13.7. The summed E-state index contributed by atoms with van der Waals surface area (Å²) < 4.78 is 13.7. The Balaban J connectivity index is 0.00000312. The highest BCUT2D eigenvalue weighted by atomic mass is 35.5. The second-order valence-electron chi connectivity index (χ2n) is 5.74. The molecular weight excluding hydrogens is 392 g/mol. The summed E-state index contributed by atoms with van der Waals surface area (Å²) in [6.07, 6.45) is 2.83. The van der Waals surface area contributed by atoms with Crippen LogP contribution < -0.4 is 11.1 Å². The predicted molar refractivity (Wildman–Crippen MR) is 99.0 cm³/mol. The van der Waals surface area contributed by atoms with Crippen LogP contribution in [-0.4, -0.2) is 42.4 Å². The quantitative estimate of drug-likeness (QED) is 0.730. The van der Waals surface area contributed by atoms with Gasteiger partial charge in [-0.1, -0.05) is 23.2 Å². The van der Waals surface area contributed by atoms with Gasteiger partial charge in [-0.3, -0.25) is 9.59 Å². The summed E-state index contributed by atoms with van der Waals surface area (Å²) in [5.41, 5.74) is 5.43. The zero-order valence-electron chi connectivity index (χ0n) is 13.6. The topological polar surface area (TPSA) is 75.4 Å². The van der Waals surface area contributed by atoms with Crippen molar-refractivity contribution in [1.82, 2.24) is 10.2 Å². The van der Waals surface area contributed by atoms with Crippen LogP contribution in [0.4, 0.5) is 4.39 Å². The standard InChI is InChI=1S/C16H20Cl2FN3O2.ClH/c17-12-8-13(18)14(19)7-11(12)16(24)22-6-2-1-3-10(22)9-21-15(23)4-5-20;/h7-8,10H,1-6,9,20H2,(H,21,23);1H. The van der Waals surface area contributed by atoms with E-state index in [1.54, 1.807) is 4.90 Å². The lowest BCUT2D eigenvalue weighted by molar-refractivity contribution is -0.121. The summed E-state index contributed by atoms with van der Waals surface area (Å²) in [6, 6.07) is 2.14. The lowest BCUT2D eigenvalue weighted by Gasteiger charge is -2.36. The molecule has 2 amide bonds. The van der Waals surface area contributed by atoms with Crippen LogP contribution in [0.5, 0.6) is 0 Å². The number of nitrogens with one attached hydrogen (secondary N) is 1. The Kier molecular flexibility index (Phi) is 8.93. The number of nitrogens with two attached hydrogens (primary N) is 1. The first kappa shape index (κ1) is 22.0. The Hall–Kier alpha value is -1.08. The monoisotopic (exact) mass is 411 g/mol. The van der Waals surface area contributed by atoms with Crippen molar-refractivity contribution < 1.29 is 14.0 Å². The molecule has 25 heavy (non-hydrogen) atoms. The van der Waals surface area contributed by atoms with Gasteiger partial charge in [-0.05, 0) is 31.4 Å². The maximum absolute atomic E-state index is 13.7. The van der Waals surface area contributed by atoms with Crippen molar-refractivity contribution in [3.05, 3.63) is 33.6 Å². The number of rotatable bonds is 5. The van der Waals surface area contributed by atoms with Crippen LogP contribution in [0.15, 0.2) is 12.1 Å². The van der Waals surface area contributed by atoms with Gasteiger partial charge in [0.05, 0.1) is 15.6 Å². The van der Waals surface area contributed by atoms with Crippen molar-refractivity contribution in [2.45, 2.75) is 31.7 Å². The van der Waals surface area contributed by atoms with Crippen molar-refractivity contribution >= 4 is 47.4 Å². The van der Waals surface area contributed by atoms with Crippen molar-refractivity contribution in [3.8, 4) is 0 Å². The Bertz CT molecular complexity index is 631. The summed E-state index contributed by atoms with van der Waals surface area (Å²) in [7, 11) is 0.